The number of aryl methyl sites for hydroxylation is 4. The summed E-state index contributed by atoms with van der Waals surface area (Å²) in [5.74, 6) is 5.15. The first-order chi connectivity index (χ1) is 40.8. The highest BCUT2D eigenvalue weighted by Gasteiger charge is 2.07. The zero-order valence-corrected chi connectivity index (χ0v) is 59.0. The van der Waals surface area contributed by atoms with E-state index in [2.05, 4.69) is 201 Å². The van der Waals surface area contributed by atoms with E-state index in [4.69, 9.17) is 0 Å². The van der Waals surface area contributed by atoms with Crippen LogP contribution in [-0.4, -0.2) is 153 Å². The first-order valence-electron chi connectivity index (χ1n) is 30.3. The zero-order valence-electron chi connectivity index (χ0n) is 59.0. The molecule has 0 spiro atoms. The van der Waals surface area contributed by atoms with Crippen molar-refractivity contribution in [3.63, 3.8) is 0 Å². The third-order valence-electron chi connectivity index (χ3n) is 9.57. The van der Waals surface area contributed by atoms with Gasteiger partial charge < -0.3 is 4.57 Å². The molecule has 0 saturated carbocycles. The summed E-state index contributed by atoms with van der Waals surface area (Å²) in [5, 5.41) is 81.5. The molecule has 0 saturated heterocycles. The fourth-order valence-corrected chi connectivity index (χ4v) is 5.07. The highest BCUT2D eigenvalue weighted by atomic mass is 15.6. The van der Waals surface area contributed by atoms with Crippen LogP contribution < -0.4 is 0 Å². The first-order valence-corrected chi connectivity index (χ1v) is 30.3. The summed E-state index contributed by atoms with van der Waals surface area (Å²) in [7, 11) is 3.61. The fraction of sp³-hybridized carbons (Fsp3) is 0.750. The van der Waals surface area contributed by atoms with E-state index in [1.807, 2.05) is 149 Å². The van der Waals surface area contributed by atoms with E-state index in [1.54, 1.807) is 68.3 Å². The lowest BCUT2D eigenvalue weighted by Crippen LogP contribution is -2.04. The van der Waals surface area contributed by atoms with E-state index in [-0.39, 0.29) is 0 Å². The molecule has 0 fully saturated rings. The summed E-state index contributed by atoms with van der Waals surface area (Å²) < 4.78 is 9.02. The predicted molar refractivity (Wildman–Crippen MR) is 345 cm³/mol. The van der Waals surface area contributed by atoms with Crippen molar-refractivity contribution in [2.45, 2.75) is 262 Å². The topological polar surface area (TPSA) is 333 Å². The van der Waals surface area contributed by atoms with E-state index < -0.39 is 0 Å². The van der Waals surface area contributed by atoms with Crippen LogP contribution in [0, 0.1) is 19.8 Å². The van der Waals surface area contributed by atoms with Crippen LogP contribution in [0.25, 0.3) is 0 Å². The average molecular weight is 1210 g/mol. The minimum Gasteiger partial charge on any atom is -0.318 e. The lowest BCUT2D eigenvalue weighted by atomic mass is 10.1. The molecule has 0 aliphatic carbocycles. The van der Waals surface area contributed by atoms with Crippen LogP contribution in [0.3, 0.4) is 0 Å². The predicted octanol–water partition coefficient (Wildman–Crippen LogP) is 11.9. The first kappa shape index (κ1) is 87.0. The highest BCUT2D eigenvalue weighted by molar-refractivity contribution is 5.99. The van der Waals surface area contributed by atoms with Gasteiger partial charge in [-0.05, 0) is 126 Å². The lowest BCUT2D eigenvalue weighted by molar-refractivity contribution is 0.454. The minimum absolute atomic E-state index is 0.311. The Labute approximate surface area is 516 Å². The Hall–Kier alpha value is -7.82. The molecule has 30 heteroatoms. The van der Waals surface area contributed by atoms with Crippen molar-refractivity contribution in [1.82, 2.24) is 141 Å². The van der Waals surface area contributed by atoms with Gasteiger partial charge in [0.15, 0.2) is 17.5 Å². The largest absolute Gasteiger partial charge is 0.318 e. The van der Waals surface area contributed by atoms with E-state index in [0.717, 1.165) is 35.4 Å². The Bertz CT molecular complexity index is 2380. The summed E-state index contributed by atoms with van der Waals surface area (Å²) in [6, 6.07) is 2.01. The van der Waals surface area contributed by atoms with Crippen molar-refractivity contribution in [2.24, 2.45) is 30.2 Å². The van der Waals surface area contributed by atoms with E-state index >= 15 is 0 Å². The lowest BCUT2D eigenvalue weighted by Gasteiger charge is -2.02. The van der Waals surface area contributed by atoms with Gasteiger partial charge >= 0.3 is 0 Å². The van der Waals surface area contributed by atoms with Crippen LogP contribution in [0.2, 0.25) is 0 Å². The van der Waals surface area contributed by atoms with Gasteiger partial charge in [0.1, 0.15) is 31.1 Å². The fourth-order valence-electron chi connectivity index (χ4n) is 5.07. The highest BCUT2D eigenvalue weighted by Crippen LogP contribution is 2.08. The number of nitrogens with one attached hydrogen (secondary N) is 1. The maximum Gasteiger partial charge on any atom is 0.177 e. The molecular weight excluding hydrogens is 1090 g/mol. The van der Waals surface area contributed by atoms with Crippen LogP contribution in [-0.2, 0) is 14.1 Å². The molecule has 1 N–H and O–H groups in total. The Balaban J connectivity index is -0.000000281. The molecule has 0 amide bonds. The molecule has 9 heterocycles. The summed E-state index contributed by atoms with van der Waals surface area (Å²) in [6.45, 7) is 60.9. The van der Waals surface area contributed by atoms with Crippen molar-refractivity contribution >= 4 is 11.9 Å². The number of nitrogens with zero attached hydrogens (tertiary/aromatic N) is 29. The van der Waals surface area contributed by atoms with Gasteiger partial charge in [-0.2, -0.15) is 40.3 Å². The quantitative estimate of drug-likeness (QED) is 0.140. The van der Waals surface area contributed by atoms with E-state index in [0.29, 0.717) is 53.9 Å². The average Bonchev–Trinajstić information content (AvgIpc) is 4.38. The van der Waals surface area contributed by atoms with Gasteiger partial charge in [0.25, 0.3) is 0 Å². The number of hydrogen-bond acceptors (Lipinski definition) is 22. The number of hydrogen-bond donors (Lipinski definition) is 1. The third-order valence-corrected chi connectivity index (χ3v) is 9.57. The molecule has 8 aromatic heterocycles. The van der Waals surface area contributed by atoms with Gasteiger partial charge in [-0.3, -0.25) is 9.36 Å². The molecule has 1 aliphatic heterocycles. The summed E-state index contributed by atoms with van der Waals surface area (Å²) >= 11 is 0. The van der Waals surface area contributed by atoms with E-state index in [1.165, 1.54) is 10.5 Å². The summed E-state index contributed by atoms with van der Waals surface area (Å²) in [6.07, 6.45) is 14.8. The standard InChI is InChI=1S/C6H10N2.4C5H10N4.4C5H9N3.5C2H6/c1-5(2)6-3-4-7-8-6;1-4(2)5-6-7-8-9(5)3;1-4(2)5-6-8-9(3)7-5;1-4(2)9-5(3)6-7-8-9;1-4(2)9-7-5(3)6-8-9;1-5(2)8-3-6-7-4-8;1-5(2)8-4-6-3-7-8;1-5(2)8-4-3-6-7-8;1-4(2)5-3-6-8-7-5;5*1-2/h4-5H,3H2,1-2H3;4*4H,1-3H3;3*3-5H,1-2H3;3-4H,1-2H3,(H,6,7,8);5*1-2H3. The van der Waals surface area contributed by atoms with Gasteiger partial charge in [-0.25, -0.2) is 14.3 Å². The molecule has 1 aliphatic rings. The van der Waals surface area contributed by atoms with Crippen molar-refractivity contribution in [2.75, 3.05) is 0 Å². The molecular formula is C56H116N30. The van der Waals surface area contributed by atoms with Crippen molar-refractivity contribution in [3.8, 4) is 0 Å². The number of aromatic amines is 1. The van der Waals surface area contributed by atoms with Crippen LogP contribution in [0.4, 0.5) is 0 Å². The van der Waals surface area contributed by atoms with E-state index in [9.17, 15) is 0 Å². The monoisotopic (exact) mass is 1210 g/mol. The van der Waals surface area contributed by atoms with Gasteiger partial charge in [0, 0.05) is 61.6 Å². The molecule has 0 radical (unpaired) electrons. The number of tetrazole rings is 4. The third kappa shape index (κ3) is 42.1. The summed E-state index contributed by atoms with van der Waals surface area (Å²) in [4.78, 5) is 6.86. The maximum absolute atomic E-state index is 4.00. The maximum atomic E-state index is 4.00. The molecule has 30 nitrogen and oxygen atoms in total. The van der Waals surface area contributed by atoms with Gasteiger partial charge in [-0.1, -0.05) is 130 Å². The molecule has 490 valence electrons. The van der Waals surface area contributed by atoms with Gasteiger partial charge in [-0.15, -0.1) is 45.9 Å². The van der Waals surface area contributed by atoms with Crippen LogP contribution in [0.5, 0.6) is 0 Å². The Kier molecular flexibility index (Phi) is 55.7. The molecule has 0 bridgehead atoms. The Morgan fingerprint density at radius 2 is 1.10 bits per heavy atom. The van der Waals surface area contributed by atoms with Gasteiger partial charge in [0.2, 0.25) is 0 Å². The molecule has 0 atom stereocenters. The van der Waals surface area contributed by atoms with Crippen LogP contribution in [0.15, 0.2) is 54.1 Å². The molecule has 8 aromatic rings. The molecule has 0 aromatic carbocycles. The minimum atomic E-state index is 0.311. The second-order valence-electron chi connectivity index (χ2n) is 19.4. The Morgan fingerprint density at radius 3 is 1.31 bits per heavy atom. The SMILES string of the molecule is CC.CC.CC.CC.CC.CC(C)C1=NN=CC1.CC(C)c1cn[nH]n1.CC(C)c1nnn(C)n1.CC(C)c1nnnn1C.CC(C)n1ccnn1.CC(C)n1cncn1.CC(C)n1cnnc1.Cc1nnn(C(C)C)n1.Cc1nnnn1C(C)C. The van der Waals surface area contributed by atoms with Crippen LogP contribution >= 0.6 is 0 Å². The van der Waals surface area contributed by atoms with Crippen molar-refractivity contribution < 1.29 is 0 Å². The summed E-state index contributed by atoms with van der Waals surface area (Å²) in [5.41, 5.74) is 2.22. The van der Waals surface area contributed by atoms with Crippen LogP contribution in [0.1, 0.15) is 277 Å². The van der Waals surface area contributed by atoms with Crippen molar-refractivity contribution in [3.05, 3.63) is 72.9 Å². The Morgan fingerprint density at radius 1 is 0.523 bits per heavy atom. The molecule has 86 heavy (non-hydrogen) atoms. The zero-order chi connectivity index (χ0) is 67.3. The molecule has 0 unspecified atom stereocenters. The van der Waals surface area contributed by atoms with Crippen molar-refractivity contribution in [1.29, 1.82) is 0 Å². The number of aromatic nitrogens is 28. The molecule has 9 rings (SSSR count). The van der Waals surface area contributed by atoms with Gasteiger partial charge in [0.05, 0.1) is 37.2 Å². The smallest absolute Gasteiger partial charge is 0.177 e. The normalized spacial score (nSPS) is 10.3. The second-order valence-corrected chi connectivity index (χ2v) is 19.4. The second kappa shape index (κ2) is 55.1. The number of rotatable bonds is 9. The number of H-pyrrole nitrogens is 1.